The molecule has 2 saturated heterocycles. The van der Waals surface area contributed by atoms with Crippen molar-refractivity contribution in [2.75, 3.05) is 44.2 Å². The van der Waals surface area contributed by atoms with Crippen LogP contribution in [0.1, 0.15) is 24.8 Å². The van der Waals surface area contributed by atoms with E-state index in [4.69, 9.17) is 0 Å². The van der Waals surface area contributed by atoms with E-state index in [0.717, 1.165) is 30.9 Å². The van der Waals surface area contributed by atoms with Crippen LogP contribution in [0.2, 0.25) is 0 Å². The van der Waals surface area contributed by atoms with Gasteiger partial charge in [0.1, 0.15) is 0 Å². The fraction of sp³-hybridized carbons (Fsp3) is 0.600. The Morgan fingerprint density at radius 2 is 1.70 bits per heavy atom. The van der Waals surface area contributed by atoms with E-state index in [2.05, 4.69) is 17.4 Å². The number of hydrogen-bond donors (Lipinski definition) is 1. The van der Waals surface area contributed by atoms with E-state index in [1.807, 2.05) is 39.8 Å². The van der Waals surface area contributed by atoms with Crippen LogP contribution in [0.4, 0.5) is 0 Å². The van der Waals surface area contributed by atoms with Crippen molar-refractivity contribution in [3.63, 3.8) is 0 Å². The van der Waals surface area contributed by atoms with Crippen LogP contribution in [-0.4, -0.2) is 71.9 Å². The average molecular weight is 412 g/mol. The summed E-state index contributed by atoms with van der Waals surface area (Å²) in [6.45, 7) is 3.67. The number of nitrogens with zero attached hydrogens (tertiary/aromatic N) is 2. The van der Waals surface area contributed by atoms with E-state index in [9.17, 15) is 9.59 Å². The highest BCUT2D eigenvalue weighted by molar-refractivity contribution is 7.99. The van der Waals surface area contributed by atoms with Crippen molar-refractivity contribution in [2.45, 2.75) is 31.7 Å². The zero-order valence-corrected chi connectivity index (χ0v) is 17.4. The van der Waals surface area contributed by atoms with Crippen molar-refractivity contribution in [3.05, 3.63) is 35.9 Å². The van der Waals surface area contributed by atoms with Gasteiger partial charge in [0.15, 0.2) is 0 Å². The lowest BCUT2D eigenvalue weighted by Crippen LogP contribution is -2.52. The van der Waals surface area contributed by atoms with Crippen molar-refractivity contribution in [2.24, 2.45) is 0 Å². The van der Waals surface area contributed by atoms with Crippen LogP contribution in [0, 0.1) is 0 Å². The molecule has 1 N–H and O–H groups in total. The molecule has 2 fully saturated rings. The maximum Gasteiger partial charge on any atom is 0.224 e. The SMILES string of the molecule is Cl.O=C(CCCc1ccccc1)N1CCN(C(=O)CC2CSCCN2)CC1. The van der Waals surface area contributed by atoms with Gasteiger partial charge in [-0.2, -0.15) is 11.8 Å². The van der Waals surface area contributed by atoms with Gasteiger partial charge in [-0.1, -0.05) is 30.3 Å². The molecule has 27 heavy (non-hydrogen) atoms. The highest BCUT2D eigenvalue weighted by Gasteiger charge is 2.26. The predicted molar refractivity (Wildman–Crippen MR) is 114 cm³/mol. The van der Waals surface area contributed by atoms with Crippen LogP contribution >= 0.6 is 24.2 Å². The number of benzene rings is 1. The molecule has 0 bridgehead atoms. The largest absolute Gasteiger partial charge is 0.339 e. The molecule has 2 aliphatic heterocycles. The number of carbonyl (C=O) groups is 2. The van der Waals surface area contributed by atoms with E-state index < -0.39 is 0 Å². The first-order chi connectivity index (χ1) is 12.7. The Balaban J connectivity index is 0.00000261. The molecule has 1 aromatic carbocycles. The lowest BCUT2D eigenvalue weighted by Gasteiger charge is -2.36. The lowest BCUT2D eigenvalue weighted by atomic mass is 10.1. The maximum atomic E-state index is 12.4. The number of halogens is 1. The molecule has 2 amide bonds. The minimum absolute atomic E-state index is 0. The van der Waals surface area contributed by atoms with Gasteiger partial charge >= 0.3 is 0 Å². The Labute approximate surface area is 172 Å². The van der Waals surface area contributed by atoms with Gasteiger partial charge in [0.2, 0.25) is 11.8 Å². The molecule has 7 heteroatoms. The fourth-order valence-corrected chi connectivity index (χ4v) is 4.49. The third-order valence-electron chi connectivity index (χ3n) is 5.10. The van der Waals surface area contributed by atoms with Gasteiger partial charge in [-0.3, -0.25) is 9.59 Å². The van der Waals surface area contributed by atoms with Crippen LogP contribution in [-0.2, 0) is 16.0 Å². The van der Waals surface area contributed by atoms with E-state index in [1.165, 1.54) is 5.56 Å². The standard InChI is InChI=1S/C20H29N3O2S.ClH/c24-19(8-4-7-17-5-2-1-3-6-17)22-10-12-23(13-11-22)20(25)15-18-16-26-14-9-21-18;/h1-3,5-6,18,21H,4,7-16H2;1H. The third kappa shape index (κ3) is 7.01. The smallest absolute Gasteiger partial charge is 0.224 e. The Hall–Kier alpha value is -1.24. The minimum Gasteiger partial charge on any atom is -0.339 e. The summed E-state index contributed by atoms with van der Waals surface area (Å²) in [5.74, 6) is 2.60. The van der Waals surface area contributed by atoms with E-state index in [-0.39, 0.29) is 24.2 Å². The maximum absolute atomic E-state index is 12.4. The Kier molecular flexibility index (Phi) is 9.45. The third-order valence-corrected chi connectivity index (χ3v) is 6.23. The summed E-state index contributed by atoms with van der Waals surface area (Å²) in [6, 6.07) is 10.6. The second-order valence-electron chi connectivity index (χ2n) is 7.03. The molecule has 5 nitrogen and oxygen atoms in total. The Morgan fingerprint density at radius 3 is 2.33 bits per heavy atom. The van der Waals surface area contributed by atoms with Gasteiger partial charge in [0, 0.05) is 63.1 Å². The van der Waals surface area contributed by atoms with Crippen LogP contribution in [0.5, 0.6) is 0 Å². The summed E-state index contributed by atoms with van der Waals surface area (Å²) in [5, 5.41) is 3.42. The second-order valence-corrected chi connectivity index (χ2v) is 8.18. The van der Waals surface area contributed by atoms with E-state index in [0.29, 0.717) is 45.1 Å². The van der Waals surface area contributed by atoms with Crippen LogP contribution in [0.15, 0.2) is 30.3 Å². The molecule has 150 valence electrons. The van der Waals surface area contributed by atoms with E-state index in [1.54, 1.807) is 0 Å². The highest BCUT2D eigenvalue weighted by atomic mass is 35.5. The predicted octanol–water partition coefficient (Wildman–Crippen LogP) is 2.20. The van der Waals surface area contributed by atoms with Crippen molar-refractivity contribution < 1.29 is 9.59 Å². The number of hydrogen-bond acceptors (Lipinski definition) is 4. The van der Waals surface area contributed by atoms with Gasteiger partial charge in [-0.25, -0.2) is 0 Å². The zero-order valence-electron chi connectivity index (χ0n) is 15.8. The molecule has 0 radical (unpaired) electrons. The molecule has 0 aromatic heterocycles. The fourth-order valence-electron chi connectivity index (χ4n) is 3.54. The first-order valence-corrected chi connectivity index (χ1v) is 10.8. The molecule has 2 heterocycles. The molecule has 0 aliphatic carbocycles. The molecular formula is C20H30ClN3O2S. The summed E-state index contributed by atoms with van der Waals surface area (Å²) >= 11 is 1.92. The summed E-state index contributed by atoms with van der Waals surface area (Å²) in [5.41, 5.74) is 1.28. The molecule has 1 aromatic rings. The van der Waals surface area contributed by atoms with E-state index >= 15 is 0 Å². The second kappa shape index (κ2) is 11.6. The monoisotopic (exact) mass is 411 g/mol. The number of nitrogens with one attached hydrogen (secondary N) is 1. The van der Waals surface area contributed by atoms with Crippen LogP contribution in [0.3, 0.4) is 0 Å². The van der Waals surface area contributed by atoms with Crippen LogP contribution < -0.4 is 5.32 Å². The lowest BCUT2D eigenvalue weighted by molar-refractivity contribution is -0.139. The first kappa shape index (κ1) is 22.1. The molecule has 1 unspecified atom stereocenters. The number of piperazine rings is 1. The Morgan fingerprint density at radius 1 is 1.04 bits per heavy atom. The number of amides is 2. The summed E-state index contributed by atoms with van der Waals surface area (Å²) in [6.07, 6.45) is 2.99. The number of rotatable bonds is 6. The molecule has 3 rings (SSSR count). The molecule has 0 saturated carbocycles. The summed E-state index contributed by atoms with van der Waals surface area (Å²) in [7, 11) is 0. The van der Waals surface area contributed by atoms with Crippen molar-refractivity contribution in [1.29, 1.82) is 0 Å². The molecule has 0 spiro atoms. The Bertz CT molecular complexity index is 588. The minimum atomic E-state index is 0. The highest BCUT2D eigenvalue weighted by Crippen LogP contribution is 2.13. The van der Waals surface area contributed by atoms with Gasteiger partial charge < -0.3 is 15.1 Å². The first-order valence-electron chi connectivity index (χ1n) is 9.63. The van der Waals surface area contributed by atoms with Crippen molar-refractivity contribution in [3.8, 4) is 0 Å². The van der Waals surface area contributed by atoms with Gasteiger partial charge in [0.25, 0.3) is 0 Å². The molecular weight excluding hydrogens is 382 g/mol. The van der Waals surface area contributed by atoms with Gasteiger partial charge in [-0.15, -0.1) is 12.4 Å². The van der Waals surface area contributed by atoms with Gasteiger partial charge in [-0.05, 0) is 18.4 Å². The van der Waals surface area contributed by atoms with Crippen molar-refractivity contribution >= 4 is 36.0 Å². The number of aryl methyl sites for hydroxylation is 1. The summed E-state index contributed by atoms with van der Waals surface area (Å²) < 4.78 is 0. The van der Waals surface area contributed by atoms with Gasteiger partial charge in [0.05, 0.1) is 0 Å². The number of thioether (sulfide) groups is 1. The topological polar surface area (TPSA) is 52.7 Å². The summed E-state index contributed by atoms with van der Waals surface area (Å²) in [4.78, 5) is 28.7. The molecule has 2 aliphatic rings. The normalized spacial score (nSPS) is 20.1. The average Bonchev–Trinajstić information content (AvgIpc) is 2.69. The zero-order chi connectivity index (χ0) is 18.2. The van der Waals surface area contributed by atoms with Crippen LogP contribution in [0.25, 0.3) is 0 Å². The number of carbonyl (C=O) groups excluding carboxylic acids is 2. The van der Waals surface area contributed by atoms with Crippen molar-refractivity contribution in [1.82, 2.24) is 15.1 Å². The molecule has 1 atom stereocenters. The quantitative estimate of drug-likeness (QED) is 0.779.